The molecule has 4 rings (SSSR count). The Morgan fingerprint density at radius 3 is 2.32 bits per heavy atom. The summed E-state index contributed by atoms with van der Waals surface area (Å²) in [6, 6.07) is 15.1. The highest BCUT2D eigenvalue weighted by Gasteiger charge is 2.35. The van der Waals surface area contributed by atoms with Gasteiger partial charge in [-0.15, -0.1) is 0 Å². The van der Waals surface area contributed by atoms with Crippen LogP contribution in [-0.4, -0.2) is 45.7 Å². The van der Waals surface area contributed by atoms with Crippen molar-refractivity contribution in [1.29, 1.82) is 0 Å². The number of hydrogen-bond donors (Lipinski definition) is 3. The number of hydrogen-bond acceptors (Lipinski definition) is 5. The number of nitrogens with one attached hydrogen (secondary N) is 1. The molecule has 7 nitrogen and oxygen atoms in total. The third kappa shape index (κ3) is 4.76. The van der Waals surface area contributed by atoms with Gasteiger partial charge in [-0.1, -0.05) is 48.5 Å². The first-order valence-corrected chi connectivity index (χ1v) is 11.4. The van der Waals surface area contributed by atoms with Crippen LogP contribution in [-0.2, 0) is 22.6 Å². The fourth-order valence-electron chi connectivity index (χ4n) is 4.47. The van der Waals surface area contributed by atoms with Gasteiger partial charge < -0.3 is 24.8 Å². The topological polar surface area (TPSA) is 103 Å². The summed E-state index contributed by atoms with van der Waals surface area (Å²) in [5, 5.41) is 23.5. The second-order valence-electron chi connectivity index (χ2n) is 8.87. The fourth-order valence-corrected chi connectivity index (χ4v) is 4.47. The van der Waals surface area contributed by atoms with Crippen LogP contribution in [0, 0.1) is 13.8 Å². The first-order valence-electron chi connectivity index (χ1n) is 11.4. The van der Waals surface area contributed by atoms with Gasteiger partial charge in [0.1, 0.15) is 5.76 Å². The number of furan rings is 1. The van der Waals surface area contributed by atoms with Gasteiger partial charge >= 0.3 is 0 Å². The minimum absolute atomic E-state index is 0.346. The first kappa shape index (κ1) is 23.7. The second kappa shape index (κ2) is 9.83. The molecular formula is C27H30N2O5. The van der Waals surface area contributed by atoms with E-state index in [4.69, 9.17) is 4.42 Å². The summed E-state index contributed by atoms with van der Waals surface area (Å²) >= 11 is 0. The van der Waals surface area contributed by atoms with Gasteiger partial charge in [0, 0.05) is 18.7 Å². The van der Waals surface area contributed by atoms with Gasteiger partial charge in [-0.3, -0.25) is 9.59 Å². The van der Waals surface area contributed by atoms with E-state index in [0.717, 1.165) is 39.1 Å². The van der Waals surface area contributed by atoms with E-state index in [-0.39, 0.29) is 0 Å². The Morgan fingerprint density at radius 2 is 1.68 bits per heavy atom. The number of aryl methyl sites for hydroxylation is 2. The number of amides is 2. The Labute approximate surface area is 199 Å². The molecule has 1 aliphatic rings. The van der Waals surface area contributed by atoms with Crippen molar-refractivity contribution in [1.82, 2.24) is 10.2 Å². The molecule has 3 N–H and O–H groups in total. The Hall–Kier alpha value is -3.42. The number of fused-ring (bicyclic) bond motifs is 1. The van der Waals surface area contributed by atoms with Crippen LogP contribution in [0.5, 0.6) is 0 Å². The van der Waals surface area contributed by atoms with Crippen molar-refractivity contribution in [2.45, 2.75) is 52.0 Å². The lowest BCUT2D eigenvalue weighted by atomic mass is 9.98. The minimum Gasteiger partial charge on any atom is -0.469 e. The van der Waals surface area contributed by atoms with Gasteiger partial charge in [0.25, 0.3) is 11.8 Å². The predicted octanol–water partition coefficient (Wildman–Crippen LogP) is 3.05. The molecule has 2 aromatic carbocycles. The molecule has 0 saturated heterocycles. The average Bonchev–Trinajstić information content (AvgIpc) is 3.19. The van der Waals surface area contributed by atoms with E-state index in [1.54, 1.807) is 13.2 Å². The summed E-state index contributed by atoms with van der Waals surface area (Å²) in [5.41, 5.74) is 6.10. The molecule has 1 aliphatic heterocycles. The number of aliphatic hydroxyl groups excluding tert-OH is 2. The molecular weight excluding hydrogens is 432 g/mol. The van der Waals surface area contributed by atoms with Crippen LogP contribution in [0.15, 0.2) is 59.2 Å². The second-order valence-corrected chi connectivity index (χ2v) is 8.87. The summed E-state index contributed by atoms with van der Waals surface area (Å²) in [5.74, 6) is -0.609. The third-order valence-electron chi connectivity index (χ3n) is 6.48. The highest BCUT2D eigenvalue weighted by Crippen LogP contribution is 2.29. The van der Waals surface area contributed by atoms with Gasteiger partial charge in [0.15, 0.2) is 12.2 Å². The summed E-state index contributed by atoms with van der Waals surface area (Å²) in [6.07, 6.45) is -1.30. The maximum atomic E-state index is 12.7. The summed E-state index contributed by atoms with van der Waals surface area (Å²) in [7, 11) is 0. The normalized spacial score (nSPS) is 15.9. The molecule has 34 heavy (non-hydrogen) atoms. The molecule has 7 heteroatoms. The van der Waals surface area contributed by atoms with Crippen LogP contribution >= 0.6 is 0 Å². The molecule has 2 heterocycles. The number of benzene rings is 2. The van der Waals surface area contributed by atoms with E-state index < -0.39 is 30.1 Å². The number of aliphatic hydroxyl groups is 2. The number of rotatable bonds is 6. The van der Waals surface area contributed by atoms with E-state index in [9.17, 15) is 19.8 Å². The summed E-state index contributed by atoms with van der Waals surface area (Å²) < 4.78 is 5.47. The monoisotopic (exact) mass is 462 g/mol. The largest absolute Gasteiger partial charge is 0.469 e. The zero-order chi connectivity index (χ0) is 24.4. The van der Waals surface area contributed by atoms with E-state index in [1.807, 2.05) is 62.4 Å². The maximum absolute atomic E-state index is 12.7. The van der Waals surface area contributed by atoms with E-state index >= 15 is 0 Å². The molecule has 0 radical (unpaired) electrons. The van der Waals surface area contributed by atoms with Gasteiger partial charge in [-0.25, -0.2) is 0 Å². The summed E-state index contributed by atoms with van der Waals surface area (Å²) in [4.78, 5) is 26.8. The lowest BCUT2D eigenvalue weighted by Gasteiger charge is -2.31. The quantitative estimate of drug-likeness (QED) is 0.523. The van der Waals surface area contributed by atoms with Crippen LogP contribution in [0.2, 0.25) is 0 Å². The van der Waals surface area contributed by atoms with Crippen molar-refractivity contribution in [2.75, 3.05) is 6.54 Å². The van der Waals surface area contributed by atoms with Crippen LogP contribution in [0.4, 0.5) is 0 Å². The van der Waals surface area contributed by atoms with Crippen LogP contribution in [0.25, 0.3) is 11.1 Å². The van der Waals surface area contributed by atoms with E-state index in [0.29, 0.717) is 19.5 Å². The number of carbonyl (C=O) groups is 2. The standard InChI is InChI=1S/C27H30N2O5/c1-16-15-34-18(3)23(16)21-10-8-19(9-11-21)17(2)28-26(32)24(30)25(31)27(33)29-13-12-20-6-4-5-7-22(20)14-29/h4-11,15,17,24-25,30-31H,12-14H2,1-3H3,(H,28,32)/t17-,24+,25+/m0/s1. The molecule has 0 saturated carbocycles. The fraction of sp³-hybridized carbons (Fsp3) is 0.333. The van der Waals surface area contributed by atoms with Crippen molar-refractivity contribution in [3.05, 3.63) is 82.8 Å². The predicted molar refractivity (Wildman–Crippen MR) is 128 cm³/mol. The lowest BCUT2D eigenvalue weighted by molar-refractivity contribution is -0.154. The average molecular weight is 463 g/mol. The van der Waals surface area contributed by atoms with Crippen LogP contribution in [0.1, 0.15) is 41.0 Å². The van der Waals surface area contributed by atoms with E-state index in [1.165, 1.54) is 4.90 Å². The summed E-state index contributed by atoms with van der Waals surface area (Å²) in [6.45, 7) is 6.46. The highest BCUT2D eigenvalue weighted by atomic mass is 16.3. The molecule has 3 atom stereocenters. The smallest absolute Gasteiger partial charge is 0.255 e. The van der Waals surface area contributed by atoms with Gasteiger partial charge in [0.2, 0.25) is 0 Å². The molecule has 0 aliphatic carbocycles. The Balaban J connectivity index is 1.36. The first-order chi connectivity index (χ1) is 16.3. The molecule has 3 aromatic rings. The molecule has 1 aromatic heterocycles. The van der Waals surface area contributed by atoms with Crippen molar-refractivity contribution in [3.63, 3.8) is 0 Å². The Bertz CT molecular complexity index is 1160. The molecule has 2 amide bonds. The van der Waals surface area contributed by atoms with Gasteiger partial charge in [0.05, 0.1) is 12.3 Å². The molecule has 178 valence electrons. The highest BCUT2D eigenvalue weighted by molar-refractivity contribution is 5.91. The van der Waals surface area contributed by atoms with Crippen molar-refractivity contribution in [3.8, 4) is 11.1 Å². The van der Waals surface area contributed by atoms with Gasteiger partial charge in [-0.05, 0) is 55.0 Å². The van der Waals surface area contributed by atoms with E-state index in [2.05, 4.69) is 5.32 Å². The molecule has 0 fully saturated rings. The Kier molecular flexibility index (Phi) is 6.86. The van der Waals surface area contributed by atoms with Crippen LogP contribution in [0.3, 0.4) is 0 Å². The van der Waals surface area contributed by atoms with Crippen molar-refractivity contribution >= 4 is 11.8 Å². The Morgan fingerprint density at radius 1 is 1.00 bits per heavy atom. The minimum atomic E-state index is -1.86. The lowest BCUT2D eigenvalue weighted by Crippen LogP contribution is -2.51. The number of nitrogens with zero attached hydrogens (tertiary/aromatic N) is 1. The SMILES string of the molecule is Cc1coc(C)c1-c1ccc([C@H](C)NC(=O)[C@H](O)[C@@H](O)C(=O)N2CCc3ccccc3C2)cc1. The zero-order valence-corrected chi connectivity index (χ0v) is 19.6. The van der Waals surface area contributed by atoms with Crippen molar-refractivity contribution in [2.24, 2.45) is 0 Å². The van der Waals surface area contributed by atoms with Crippen LogP contribution < -0.4 is 5.32 Å². The molecule has 0 bridgehead atoms. The molecule has 0 unspecified atom stereocenters. The zero-order valence-electron chi connectivity index (χ0n) is 19.6. The van der Waals surface area contributed by atoms with Gasteiger partial charge in [-0.2, -0.15) is 0 Å². The number of carbonyl (C=O) groups excluding carboxylic acids is 2. The molecule has 0 spiro atoms. The maximum Gasteiger partial charge on any atom is 0.255 e. The third-order valence-corrected chi connectivity index (χ3v) is 6.48. The van der Waals surface area contributed by atoms with Crippen molar-refractivity contribution < 1.29 is 24.2 Å².